The van der Waals surface area contributed by atoms with Gasteiger partial charge in [0.2, 0.25) is 0 Å². The van der Waals surface area contributed by atoms with Crippen LogP contribution in [0.1, 0.15) is 38.1 Å². The molecule has 0 bridgehead atoms. The first-order valence-corrected chi connectivity index (χ1v) is 4.38. The van der Waals surface area contributed by atoms with Gasteiger partial charge in [0.1, 0.15) is 0 Å². The molecule has 0 saturated carbocycles. The highest BCUT2D eigenvalue weighted by molar-refractivity contribution is 5.25. The van der Waals surface area contributed by atoms with E-state index in [-0.39, 0.29) is 12.0 Å². The number of nitrogens with zero attached hydrogens (tertiary/aromatic N) is 1. The lowest BCUT2D eigenvalue weighted by Crippen LogP contribution is -2.19. The van der Waals surface area contributed by atoms with Crippen molar-refractivity contribution in [3.8, 4) is 0 Å². The average molecular weight is 183 g/mol. The molecule has 0 fully saturated rings. The maximum Gasteiger partial charge on any atom is 0.0945 e. The molecule has 0 aliphatic heterocycles. The molecule has 0 aliphatic carbocycles. The molecule has 0 aromatic carbocycles. The molecule has 0 radical (unpaired) electrons. The van der Waals surface area contributed by atoms with Gasteiger partial charge in [-0.2, -0.15) is 5.10 Å². The standard InChI is InChI=1S/C9H17N3O/c1-9(2,3)8-6(5-11-12-8)7(13)4-10/h5,7,13H,4,10H2,1-3H3,(H,11,12)/t7-/m0/s1. The number of nitrogens with one attached hydrogen (secondary N) is 1. The fourth-order valence-electron chi connectivity index (χ4n) is 1.28. The minimum Gasteiger partial charge on any atom is -0.387 e. The zero-order valence-electron chi connectivity index (χ0n) is 8.33. The summed E-state index contributed by atoms with van der Waals surface area (Å²) >= 11 is 0. The van der Waals surface area contributed by atoms with Gasteiger partial charge in [0.25, 0.3) is 0 Å². The number of aromatic amines is 1. The Morgan fingerprint density at radius 2 is 2.23 bits per heavy atom. The maximum absolute atomic E-state index is 9.58. The lowest BCUT2D eigenvalue weighted by Gasteiger charge is -2.20. The summed E-state index contributed by atoms with van der Waals surface area (Å²) in [6, 6.07) is 0. The van der Waals surface area contributed by atoms with E-state index in [0.717, 1.165) is 11.3 Å². The van der Waals surface area contributed by atoms with Gasteiger partial charge in [-0.25, -0.2) is 0 Å². The fourth-order valence-corrected chi connectivity index (χ4v) is 1.28. The molecule has 4 N–H and O–H groups in total. The van der Waals surface area contributed by atoms with Gasteiger partial charge >= 0.3 is 0 Å². The topological polar surface area (TPSA) is 74.9 Å². The smallest absolute Gasteiger partial charge is 0.0945 e. The molecular formula is C9H17N3O. The van der Waals surface area contributed by atoms with E-state index in [4.69, 9.17) is 5.73 Å². The van der Waals surface area contributed by atoms with Gasteiger partial charge in [-0.15, -0.1) is 0 Å². The molecule has 1 aromatic heterocycles. The first-order chi connectivity index (χ1) is 5.96. The Hall–Kier alpha value is -0.870. The predicted octanol–water partition coefficient (Wildman–Crippen LogP) is 0.699. The lowest BCUT2D eigenvalue weighted by atomic mass is 9.88. The second-order valence-electron chi connectivity index (χ2n) is 4.20. The van der Waals surface area contributed by atoms with Crippen molar-refractivity contribution in [3.63, 3.8) is 0 Å². The van der Waals surface area contributed by atoms with Crippen molar-refractivity contribution in [1.82, 2.24) is 10.2 Å². The van der Waals surface area contributed by atoms with E-state index < -0.39 is 6.10 Å². The molecule has 0 aliphatic rings. The van der Waals surface area contributed by atoms with E-state index >= 15 is 0 Å². The summed E-state index contributed by atoms with van der Waals surface area (Å²) in [5.41, 5.74) is 7.09. The number of H-pyrrole nitrogens is 1. The Morgan fingerprint density at radius 3 is 2.69 bits per heavy atom. The van der Waals surface area contributed by atoms with Crippen molar-refractivity contribution < 1.29 is 5.11 Å². The molecule has 1 rings (SSSR count). The summed E-state index contributed by atoms with van der Waals surface area (Å²) in [7, 11) is 0. The third-order valence-corrected chi connectivity index (χ3v) is 2.00. The quantitative estimate of drug-likeness (QED) is 0.631. The lowest BCUT2D eigenvalue weighted by molar-refractivity contribution is 0.184. The van der Waals surface area contributed by atoms with Crippen molar-refractivity contribution in [1.29, 1.82) is 0 Å². The monoisotopic (exact) mass is 183 g/mol. The SMILES string of the molecule is CC(C)(C)c1[nH]ncc1[C@@H](O)CN. The highest BCUT2D eigenvalue weighted by Gasteiger charge is 2.23. The summed E-state index contributed by atoms with van der Waals surface area (Å²) in [6.07, 6.45) is 1.02. The van der Waals surface area contributed by atoms with Gasteiger partial charge in [-0.3, -0.25) is 5.10 Å². The van der Waals surface area contributed by atoms with E-state index in [1.165, 1.54) is 0 Å². The van der Waals surface area contributed by atoms with Gasteiger partial charge in [-0.05, 0) is 0 Å². The van der Waals surface area contributed by atoms with Crippen LogP contribution in [0.5, 0.6) is 0 Å². The molecule has 4 nitrogen and oxygen atoms in total. The number of hydrogen-bond donors (Lipinski definition) is 3. The number of aliphatic hydroxyl groups excluding tert-OH is 1. The molecular weight excluding hydrogens is 166 g/mol. The van der Waals surface area contributed by atoms with Crippen LogP contribution in [0, 0.1) is 0 Å². The van der Waals surface area contributed by atoms with Crippen LogP contribution in [-0.2, 0) is 5.41 Å². The minimum atomic E-state index is -0.618. The zero-order valence-corrected chi connectivity index (χ0v) is 8.33. The Labute approximate surface area is 78.2 Å². The zero-order chi connectivity index (χ0) is 10.1. The number of aliphatic hydroxyl groups is 1. The third kappa shape index (κ3) is 2.08. The highest BCUT2D eigenvalue weighted by atomic mass is 16.3. The van der Waals surface area contributed by atoms with Crippen molar-refractivity contribution in [2.24, 2.45) is 5.73 Å². The van der Waals surface area contributed by atoms with Crippen LogP contribution in [0.2, 0.25) is 0 Å². The van der Waals surface area contributed by atoms with Crippen LogP contribution in [-0.4, -0.2) is 21.8 Å². The van der Waals surface area contributed by atoms with Gasteiger partial charge in [0.05, 0.1) is 12.3 Å². The van der Waals surface area contributed by atoms with E-state index in [9.17, 15) is 5.11 Å². The van der Waals surface area contributed by atoms with Crippen LogP contribution >= 0.6 is 0 Å². The van der Waals surface area contributed by atoms with Crippen LogP contribution < -0.4 is 5.73 Å². The van der Waals surface area contributed by atoms with Crippen molar-refractivity contribution >= 4 is 0 Å². The number of aromatic nitrogens is 2. The number of hydrogen-bond acceptors (Lipinski definition) is 3. The second-order valence-corrected chi connectivity index (χ2v) is 4.20. The Balaban J connectivity index is 3.03. The first kappa shape index (κ1) is 10.2. The molecule has 0 unspecified atom stereocenters. The average Bonchev–Trinajstić information content (AvgIpc) is 2.49. The van der Waals surface area contributed by atoms with E-state index in [0.29, 0.717) is 0 Å². The summed E-state index contributed by atoms with van der Waals surface area (Å²) in [6.45, 7) is 6.41. The Kier molecular flexibility index (Phi) is 2.73. The van der Waals surface area contributed by atoms with Crippen LogP contribution in [0.15, 0.2) is 6.20 Å². The van der Waals surface area contributed by atoms with Gasteiger partial charge in [-0.1, -0.05) is 20.8 Å². The minimum absolute atomic E-state index is 0.0397. The van der Waals surface area contributed by atoms with Crippen LogP contribution in [0.3, 0.4) is 0 Å². The van der Waals surface area contributed by atoms with E-state index in [2.05, 4.69) is 31.0 Å². The third-order valence-electron chi connectivity index (χ3n) is 2.00. The number of rotatable bonds is 2. The summed E-state index contributed by atoms with van der Waals surface area (Å²) in [5, 5.41) is 16.4. The molecule has 4 heteroatoms. The largest absolute Gasteiger partial charge is 0.387 e. The van der Waals surface area contributed by atoms with Crippen LogP contribution in [0.4, 0.5) is 0 Å². The molecule has 0 spiro atoms. The molecule has 1 atom stereocenters. The Morgan fingerprint density at radius 1 is 1.62 bits per heavy atom. The normalized spacial score (nSPS) is 14.5. The van der Waals surface area contributed by atoms with Gasteiger partial charge < -0.3 is 10.8 Å². The van der Waals surface area contributed by atoms with E-state index in [1.807, 2.05) is 0 Å². The highest BCUT2D eigenvalue weighted by Crippen LogP contribution is 2.26. The van der Waals surface area contributed by atoms with Gasteiger partial charge in [0.15, 0.2) is 0 Å². The predicted molar refractivity (Wildman–Crippen MR) is 51.3 cm³/mol. The van der Waals surface area contributed by atoms with Crippen molar-refractivity contribution in [3.05, 3.63) is 17.5 Å². The summed E-state index contributed by atoms with van der Waals surface area (Å²) < 4.78 is 0. The Bertz CT molecular complexity index is 275. The van der Waals surface area contributed by atoms with Gasteiger partial charge in [0, 0.05) is 23.2 Å². The summed E-state index contributed by atoms with van der Waals surface area (Å²) in [4.78, 5) is 0. The molecule has 1 aromatic rings. The maximum atomic E-state index is 9.58. The second kappa shape index (κ2) is 3.47. The molecule has 13 heavy (non-hydrogen) atoms. The molecule has 0 amide bonds. The molecule has 74 valence electrons. The fraction of sp³-hybridized carbons (Fsp3) is 0.667. The summed E-state index contributed by atoms with van der Waals surface area (Å²) in [5.74, 6) is 0. The molecule has 1 heterocycles. The van der Waals surface area contributed by atoms with Crippen molar-refractivity contribution in [2.45, 2.75) is 32.3 Å². The van der Waals surface area contributed by atoms with E-state index in [1.54, 1.807) is 6.20 Å². The first-order valence-electron chi connectivity index (χ1n) is 4.38. The van der Waals surface area contributed by atoms with Crippen LogP contribution in [0.25, 0.3) is 0 Å². The van der Waals surface area contributed by atoms with Crippen molar-refractivity contribution in [2.75, 3.05) is 6.54 Å². The molecule has 0 saturated heterocycles. The number of nitrogens with two attached hydrogens (primary N) is 1.